The topological polar surface area (TPSA) is 46.9 Å². The summed E-state index contributed by atoms with van der Waals surface area (Å²) in [6.07, 6.45) is 0. The van der Waals surface area contributed by atoms with E-state index in [1.165, 1.54) is 0 Å². The Morgan fingerprint density at radius 3 is 2.48 bits per heavy atom. The summed E-state index contributed by atoms with van der Waals surface area (Å²) in [4.78, 5) is 17.4. The predicted octanol–water partition coefficient (Wildman–Crippen LogP) is 4.28. The highest BCUT2D eigenvalue weighted by Crippen LogP contribution is 2.26. The van der Waals surface area contributed by atoms with Crippen LogP contribution in [0, 0.1) is 5.92 Å². The van der Waals surface area contributed by atoms with Crippen LogP contribution in [0.25, 0.3) is 11.0 Å². The second-order valence-electron chi connectivity index (χ2n) is 6.57. The van der Waals surface area contributed by atoms with Crippen molar-refractivity contribution < 1.29 is 4.79 Å². The summed E-state index contributed by atoms with van der Waals surface area (Å²) in [6, 6.07) is 15.4. The lowest BCUT2D eigenvalue weighted by molar-refractivity contribution is -0.123. The number of fused-ring (bicyclic) bond motifs is 1. The fourth-order valence-electron chi connectivity index (χ4n) is 3.14. The van der Waals surface area contributed by atoms with Crippen LogP contribution < -0.4 is 5.32 Å². The number of nitrogens with one attached hydrogen (secondary N) is 1. The number of rotatable bonds is 5. The Bertz CT molecular complexity index is 884. The molecule has 0 saturated carbocycles. The van der Waals surface area contributed by atoms with Gasteiger partial charge in [-0.3, -0.25) is 4.79 Å². The second-order valence-corrected chi connectivity index (χ2v) is 7.00. The fourth-order valence-corrected chi connectivity index (χ4v) is 3.26. The molecule has 0 bridgehead atoms. The molecule has 2 aromatic carbocycles. The number of halogens is 1. The molecule has 0 radical (unpaired) electrons. The molecule has 0 aliphatic heterocycles. The van der Waals surface area contributed by atoms with Crippen molar-refractivity contribution in [2.75, 3.05) is 0 Å². The summed E-state index contributed by atoms with van der Waals surface area (Å²) in [5, 5.41) is 3.71. The average Bonchev–Trinajstić information content (AvgIpc) is 2.91. The van der Waals surface area contributed by atoms with Gasteiger partial charge >= 0.3 is 0 Å². The minimum Gasteiger partial charge on any atom is -0.348 e. The monoisotopic (exact) mass is 355 g/mol. The average molecular weight is 356 g/mol. The standard InChI is InChI=1S/C20H22ClN3O/c1-13(2)19(14-8-10-15(21)11-9-14)20(25)22-12-18-23-16-6-4-5-7-17(16)24(18)3/h4-11,13,19H,12H2,1-3H3,(H,22,25). The number of para-hydroxylation sites is 2. The predicted molar refractivity (Wildman–Crippen MR) is 102 cm³/mol. The third kappa shape index (κ3) is 3.69. The number of imidazole rings is 1. The Hall–Kier alpha value is -2.33. The normalized spacial score (nSPS) is 12.5. The summed E-state index contributed by atoms with van der Waals surface area (Å²) in [5.74, 6) is 0.811. The van der Waals surface area contributed by atoms with E-state index in [9.17, 15) is 4.79 Å². The first-order valence-electron chi connectivity index (χ1n) is 8.41. The third-order valence-corrected chi connectivity index (χ3v) is 4.73. The molecule has 1 aromatic heterocycles. The van der Waals surface area contributed by atoms with E-state index in [1.807, 2.05) is 74.0 Å². The number of amides is 1. The molecule has 1 atom stereocenters. The van der Waals surface area contributed by atoms with E-state index in [0.717, 1.165) is 22.4 Å². The van der Waals surface area contributed by atoms with E-state index in [4.69, 9.17) is 11.6 Å². The van der Waals surface area contributed by atoms with Crippen LogP contribution in [0.15, 0.2) is 48.5 Å². The molecule has 3 rings (SSSR count). The van der Waals surface area contributed by atoms with Crippen LogP contribution in [0.3, 0.4) is 0 Å². The fraction of sp³-hybridized carbons (Fsp3) is 0.300. The van der Waals surface area contributed by atoms with Crippen molar-refractivity contribution in [1.29, 1.82) is 0 Å². The molecular weight excluding hydrogens is 334 g/mol. The van der Waals surface area contributed by atoms with Gasteiger partial charge in [-0.05, 0) is 35.7 Å². The van der Waals surface area contributed by atoms with E-state index < -0.39 is 0 Å². The number of hydrogen-bond donors (Lipinski definition) is 1. The number of carbonyl (C=O) groups is 1. The molecule has 1 unspecified atom stereocenters. The second kappa shape index (κ2) is 7.28. The lowest BCUT2D eigenvalue weighted by Crippen LogP contribution is -2.32. The van der Waals surface area contributed by atoms with Gasteiger partial charge in [-0.2, -0.15) is 0 Å². The van der Waals surface area contributed by atoms with Crippen molar-refractivity contribution in [3.63, 3.8) is 0 Å². The Kier molecular flexibility index (Phi) is 5.09. The van der Waals surface area contributed by atoms with E-state index in [2.05, 4.69) is 10.3 Å². The van der Waals surface area contributed by atoms with E-state index >= 15 is 0 Å². The van der Waals surface area contributed by atoms with Crippen molar-refractivity contribution in [2.45, 2.75) is 26.3 Å². The molecule has 1 N–H and O–H groups in total. The van der Waals surface area contributed by atoms with Gasteiger partial charge in [-0.1, -0.05) is 49.7 Å². The van der Waals surface area contributed by atoms with Gasteiger partial charge in [0, 0.05) is 12.1 Å². The minimum absolute atomic E-state index is 0.00405. The van der Waals surface area contributed by atoms with Crippen LogP contribution in [0.1, 0.15) is 31.2 Å². The SMILES string of the molecule is CC(C)C(C(=O)NCc1nc2ccccc2n1C)c1ccc(Cl)cc1. The number of hydrogen-bond acceptors (Lipinski definition) is 2. The lowest BCUT2D eigenvalue weighted by atomic mass is 9.87. The summed E-state index contributed by atoms with van der Waals surface area (Å²) in [7, 11) is 1.97. The van der Waals surface area contributed by atoms with E-state index in [-0.39, 0.29) is 17.7 Å². The number of aromatic nitrogens is 2. The largest absolute Gasteiger partial charge is 0.348 e. The molecule has 3 aromatic rings. The van der Waals surface area contributed by atoms with Crippen molar-refractivity contribution in [1.82, 2.24) is 14.9 Å². The first-order valence-corrected chi connectivity index (χ1v) is 8.78. The molecule has 0 fully saturated rings. The zero-order valence-electron chi connectivity index (χ0n) is 14.7. The molecule has 0 saturated heterocycles. The summed E-state index contributed by atoms with van der Waals surface area (Å²) >= 11 is 5.96. The minimum atomic E-state index is -0.216. The zero-order chi connectivity index (χ0) is 18.0. The molecular formula is C20H22ClN3O. The van der Waals surface area contributed by atoms with E-state index in [0.29, 0.717) is 11.6 Å². The molecule has 5 heteroatoms. The van der Waals surface area contributed by atoms with Gasteiger partial charge in [0.25, 0.3) is 0 Å². The molecule has 0 aliphatic rings. The number of benzene rings is 2. The number of carbonyl (C=O) groups excluding carboxylic acids is 1. The van der Waals surface area contributed by atoms with Gasteiger partial charge in [-0.15, -0.1) is 0 Å². The molecule has 130 valence electrons. The Labute approximate surface area is 152 Å². The van der Waals surface area contributed by atoms with Crippen LogP contribution in [-0.4, -0.2) is 15.5 Å². The van der Waals surface area contributed by atoms with Crippen LogP contribution in [0.4, 0.5) is 0 Å². The zero-order valence-corrected chi connectivity index (χ0v) is 15.4. The van der Waals surface area contributed by atoms with Gasteiger partial charge < -0.3 is 9.88 Å². The lowest BCUT2D eigenvalue weighted by Gasteiger charge is -2.20. The van der Waals surface area contributed by atoms with Crippen LogP contribution in [0.2, 0.25) is 5.02 Å². The first kappa shape index (κ1) is 17.5. The van der Waals surface area contributed by atoms with Gasteiger partial charge in [0.05, 0.1) is 23.5 Å². The molecule has 0 aliphatic carbocycles. The molecule has 4 nitrogen and oxygen atoms in total. The highest BCUT2D eigenvalue weighted by atomic mass is 35.5. The first-order chi connectivity index (χ1) is 12.0. The molecule has 1 amide bonds. The van der Waals surface area contributed by atoms with Crippen molar-refractivity contribution in [3.8, 4) is 0 Å². The van der Waals surface area contributed by atoms with Gasteiger partial charge in [0.1, 0.15) is 5.82 Å². The van der Waals surface area contributed by atoms with Crippen LogP contribution in [-0.2, 0) is 18.4 Å². The molecule has 25 heavy (non-hydrogen) atoms. The highest BCUT2D eigenvalue weighted by Gasteiger charge is 2.24. The van der Waals surface area contributed by atoms with Gasteiger partial charge in [-0.25, -0.2) is 4.98 Å². The smallest absolute Gasteiger partial charge is 0.228 e. The van der Waals surface area contributed by atoms with Gasteiger partial charge in [0.2, 0.25) is 5.91 Å². The van der Waals surface area contributed by atoms with Crippen molar-refractivity contribution in [2.24, 2.45) is 13.0 Å². The highest BCUT2D eigenvalue weighted by molar-refractivity contribution is 6.30. The van der Waals surface area contributed by atoms with Crippen LogP contribution >= 0.6 is 11.6 Å². The number of aryl methyl sites for hydroxylation is 1. The third-order valence-electron chi connectivity index (χ3n) is 4.48. The van der Waals surface area contributed by atoms with Crippen LogP contribution in [0.5, 0.6) is 0 Å². The molecule has 0 spiro atoms. The summed E-state index contributed by atoms with van der Waals surface area (Å²) in [5.41, 5.74) is 2.97. The summed E-state index contributed by atoms with van der Waals surface area (Å²) in [6.45, 7) is 4.50. The van der Waals surface area contributed by atoms with Crippen molar-refractivity contribution in [3.05, 3.63) is 64.9 Å². The Morgan fingerprint density at radius 2 is 1.84 bits per heavy atom. The Morgan fingerprint density at radius 1 is 1.16 bits per heavy atom. The van der Waals surface area contributed by atoms with Gasteiger partial charge in [0.15, 0.2) is 0 Å². The quantitative estimate of drug-likeness (QED) is 0.742. The number of nitrogens with zero attached hydrogens (tertiary/aromatic N) is 2. The molecule has 1 heterocycles. The maximum Gasteiger partial charge on any atom is 0.228 e. The maximum atomic E-state index is 12.8. The van der Waals surface area contributed by atoms with E-state index in [1.54, 1.807) is 0 Å². The summed E-state index contributed by atoms with van der Waals surface area (Å²) < 4.78 is 2.02. The van der Waals surface area contributed by atoms with Crippen molar-refractivity contribution >= 4 is 28.5 Å². The maximum absolute atomic E-state index is 12.8. The Balaban J connectivity index is 1.77.